The summed E-state index contributed by atoms with van der Waals surface area (Å²) in [6.07, 6.45) is 0. The second-order valence-corrected chi connectivity index (χ2v) is 4.84. The number of aromatic nitrogens is 2. The van der Waals surface area contributed by atoms with Crippen LogP contribution >= 0.6 is 27.5 Å². The second kappa shape index (κ2) is 4.66. The van der Waals surface area contributed by atoms with Crippen LogP contribution in [0.15, 0.2) is 22.7 Å². The average Bonchev–Trinajstić information content (AvgIpc) is 2.52. The van der Waals surface area contributed by atoms with Crippen LogP contribution in [0, 0.1) is 12.7 Å². The Bertz CT molecular complexity index is 548. The summed E-state index contributed by atoms with van der Waals surface area (Å²) in [7, 11) is 0. The minimum atomic E-state index is -0.360. The van der Waals surface area contributed by atoms with Gasteiger partial charge in [-0.3, -0.25) is 0 Å². The van der Waals surface area contributed by atoms with Crippen LogP contribution in [0.2, 0.25) is 5.02 Å². The molecule has 0 bridgehead atoms. The molecule has 0 unspecified atom stereocenters. The molecular formula is C11H10BrClFN3. The van der Waals surface area contributed by atoms with E-state index in [4.69, 9.17) is 17.3 Å². The summed E-state index contributed by atoms with van der Waals surface area (Å²) in [5.41, 5.74) is 6.98. The summed E-state index contributed by atoms with van der Waals surface area (Å²) in [5, 5.41) is 4.58. The molecule has 0 saturated carbocycles. The van der Waals surface area contributed by atoms with Crippen molar-refractivity contribution in [3.05, 3.63) is 44.8 Å². The van der Waals surface area contributed by atoms with E-state index in [0.717, 1.165) is 10.2 Å². The quantitative estimate of drug-likeness (QED) is 0.922. The lowest BCUT2D eigenvalue weighted by Crippen LogP contribution is -2.08. The van der Waals surface area contributed by atoms with E-state index in [-0.39, 0.29) is 12.4 Å². The molecule has 0 aliphatic carbocycles. The maximum Gasteiger partial charge on any atom is 0.136 e. The Hall–Kier alpha value is -1.07. The van der Waals surface area contributed by atoms with E-state index in [0.29, 0.717) is 16.4 Å². The van der Waals surface area contributed by atoms with Crippen molar-refractivity contribution in [2.45, 2.75) is 13.5 Å². The highest BCUT2D eigenvalue weighted by Gasteiger charge is 2.13. The number of benzene rings is 1. The third-order valence-electron chi connectivity index (χ3n) is 2.46. The van der Waals surface area contributed by atoms with Gasteiger partial charge in [0.25, 0.3) is 0 Å². The predicted molar refractivity (Wildman–Crippen MR) is 69.6 cm³/mol. The van der Waals surface area contributed by atoms with Crippen LogP contribution in [-0.4, -0.2) is 9.78 Å². The first kappa shape index (κ1) is 12.4. The molecule has 90 valence electrons. The van der Waals surface area contributed by atoms with Crippen molar-refractivity contribution in [2.75, 3.05) is 5.73 Å². The number of nitrogen functional groups attached to an aromatic ring is 1. The predicted octanol–water partition coefficient (Wildman–Crippen LogP) is 3.38. The minimum absolute atomic E-state index is 0.212. The van der Waals surface area contributed by atoms with E-state index in [9.17, 15) is 4.39 Å². The summed E-state index contributed by atoms with van der Waals surface area (Å²) in [6, 6.07) is 4.57. The van der Waals surface area contributed by atoms with Crippen LogP contribution in [0.4, 0.5) is 10.2 Å². The first-order valence-electron chi connectivity index (χ1n) is 4.92. The van der Waals surface area contributed by atoms with Crippen molar-refractivity contribution in [3.63, 3.8) is 0 Å². The van der Waals surface area contributed by atoms with Crippen molar-refractivity contribution in [1.82, 2.24) is 9.78 Å². The summed E-state index contributed by atoms with van der Waals surface area (Å²) >= 11 is 9.26. The van der Waals surface area contributed by atoms with E-state index in [1.54, 1.807) is 12.1 Å². The number of rotatable bonds is 2. The summed E-state index contributed by atoms with van der Waals surface area (Å²) in [5.74, 6) is 0.1000. The van der Waals surface area contributed by atoms with Gasteiger partial charge in [0.15, 0.2) is 0 Å². The molecule has 0 amide bonds. The Labute approximate surface area is 112 Å². The molecule has 0 aliphatic heterocycles. The van der Waals surface area contributed by atoms with E-state index in [2.05, 4.69) is 21.0 Å². The molecule has 0 atom stereocenters. The van der Waals surface area contributed by atoms with Gasteiger partial charge in [0.1, 0.15) is 11.6 Å². The fourth-order valence-corrected chi connectivity index (χ4v) is 2.04. The second-order valence-electron chi connectivity index (χ2n) is 3.64. The van der Waals surface area contributed by atoms with Gasteiger partial charge in [-0.15, -0.1) is 0 Å². The largest absolute Gasteiger partial charge is 0.383 e. The Kier molecular flexibility index (Phi) is 3.40. The van der Waals surface area contributed by atoms with Crippen LogP contribution in [0.5, 0.6) is 0 Å². The number of aryl methyl sites for hydroxylation is 1. The molecule has 0 spiro atoms. The van der Waals surface area contributed by atoms with Gasteiger partial charge < -0.3 is 5.73 Å². The highest BCUT2D eigenvalue weighted by atomic mass is 79.9. The van der Waals surface area contributed by atoms with Gasteiger partial charge in [0.2, 0.25) is 0 Å². The summed E-state index contributed by atoms with van der Waals surface area (Å²) < 4.78 is 15.8. The number of halogens is 3. The van der Waals surface area contributed by atoms with Gasteiger partial charge in [-0.25, -0.2) is 9.07 Å². The van der Waals surface area contributed by atoms with Crippen molar-refractivity contribution < 1.29 is 4.39 Å². The Morgan fingerprint density at radius 2 is 2.24 bits per heavy atom. The van der Waals surface area contributed by atoms with Crippen molar-refractivity contribution >= 4 is 33.3 Å². The molecule has 0 fully saturated rings. The van der Waals surface area contributed by atoms with Crippen LogP contribution in [-0.2, 0) is 6.54 Å². The maximum absolute atomic E-state index is 13.6. The summed E-state index contributed by atoms with van der Waals surface area (Å²) in [4.78, 5) is 0. The van der Waals surface area contributed by atoms with Crippen molar-refractivity contribution in [3.8, 4) is 0 Å². The van der Waals surface area contributed by atoms with Gasteiger partial charge in [0.05, 0.1) is 16.7 Å². The SMILES string of the molecule is Cc1nn(Cc2c(F)cccc2Cl)c(N)c1Br. The monoisotopic (exact) mass is 317 g/mol. The minimum Gasteiger partial charge on any atom is -0.383 e. The molecule has 2 aromatic rings. The van der Waals surface area contributed by atoms with Gasteiger partial charge in [0, 0.05) is 10.6 Å². The molecule has 0 aliphatic rings. The highest BCUT2D eigenvalue weighted by Crippen LogP contribution is 2.26. The third kappa shape index (κ3) is 2.30. The molecule has 6 heteroatoms. The van der Waals surface area contributed by atoms with E-state index in [1.807, 2.05) is 6.92 Å². The third-order valence-corrected chi connectivity index (χ3v) is 3.80. The Morgan fingerprint density at radius 1 is 1.53 bits per heavy atom. The van der Waals surface area contributed by atoms with Gasteiger partial charge in [-0.1, -0.05) is 17.7 Å². The summed E-state index contributed by atoms with van der Waals surface area (Å²) in [6.45, 7) is 2.03. The Balaban J connectivity index is 2.41. The Morgan fingerprint density at radius 3 is 2.76 bits per heavy atom. The molecule has 3 nitrogen and oxygen atoms in total. The number of anilines is 1. The van der Waals surface area contributed by atoms with E-state index < -0.39 is 0 Å². The topological polar surface area (TPSA) is 43.8 Å². The number of hydrogen-bond donors (Lipinski definition) is 1. The molecule has 2 N–H and O–H groups in total. The van der Waals surface area contributed by atoms with Crippen LogP contribution in [0.3, 0.4) is 0 Å². The first-order valence-corrected chi connectivity index (χ1v) is 6.09. The first-order chi connectivity index (χ1) is 8.00. The van der Waals surface area contributed by atoms with Gasteiger partial charge >= 0.3 is 0 Å². The normalized spacial score (nSPS) is 10.8. The number of nitrogens with zero attached hydrogens (tertiary/aromatic N) is 2. The van der Waals surface area contributed by atoms with E-state index >= 15 is 0 Å². The smallest absolute Gasteiger partial charge is 0.136 e. The molecule has 1 aromatic heterocycles. The fourth-order valence-electron chi connectivity index (χ4n) is 1.53. The lowest BCUT2D eigenvalue weighted by atomic mass is 10.2. The molecule has 17 heavy (non-hydrogen) atoms. The van der Waals surface area contributed by atoms with Crippen molar-refractivity contribution in [2.24, 2.45) is 0 Å². The number of hydrogen-bond acceptors (Lipinski definition) is 2. The maximum atomic E-state index is 13.6. The zero-order valence-electron chi connectivity index (χ0n) is 9.04. The molecule has 0 radical (unpaired) electrons. The van der Waals surface area contributed by atoms with Crippen LogP contribution in [0.25, 0.3) is 0 Å². The standard InChI is InChI=1S/C11H10BrClFN3/c1-6-10(12)11(15)17(16-6)5-7-8(13)3-2-4-9(7)14/h2-4H,5,15H2,1H3. The molecule has 1 aromatic carbocycles. The zero-order valence-corrected chi connectivity index (χ0v) is 11.4. The molecule has 1 heterocycles. The lowest BCUT2D eigenvalue weighted by Gasteiger charge is -2.07. The average molecular weight is 319 g/mol. The highest BCUT2D eigenvalue weighted by molar-refractivity contribution is 9.10. The van der Waals surface area contributed by atoms with Gasteiger partial charge in [-0.2, -0.15) is 5.10 Å². The molecule has 0 saturated heterocycles. The lowest BCUT2D eigenvalue weighted by molar-refractivity contribution is 0.586. The fraction of sp³-hybridized carbons (Fsp3) is 0.182. The molecule has 2 rings (SSSR count). The molecular weight excluding hydrogens is 308 g/mol. The van der Waals surface area contributed by atoms with Crippen LogP contribution < -0.4 is 5.73 Å². The zero-order chi connectivity index (χ0) is 12.6. The van der Waals surface area contributed by atoms with Gasteiger partial charge in [-0.05, 0) is 35.0 Å². The van der Waals surface area contributed by atoms with E-state index in [1.165, 1.54) is 10.7 Å². The van der Waals surface area contributed by atoms with Crippen LogP contribution in [0.1, 0.15) is 11.3 Å². The van der Waals surface area contributed by atoms with Crippen molar-refractivity contribution in [1.29, 1.82) is 0 Å². The number of nitrogens with two attached hydrogens (primary N) is 1.